The van der Waals surface area contributed by atoms with Crippen LogP contribution in [0.3, 0.4) is 0 Å². The van der Waals surface area contributed by atoms with Gasteiger partial charge in [0, 0.05) is 31.6 Å². The number of anilines is 1. The summed E-state index contributed by atoms with van der Waals surface area (Å²) in [5, 5.41) is 3.38. The number of hydrogen-bond acceptors (Lipinski definition) is 4. The van der Waals surface area contributed by atoms with Crippen molar-refractivity contribution in [2.75, 3.05) is 18.5 Å². The van der Waals surface area contributed by atoms with Crippen molar-refractivity contribution in [1.29, 1.82) is 0 Å². The predicted octanol–water partition coefficient (Wildman–Crippen LogP) is 1.70. The molecule has 4 nitrogen and oxygen atoms in total. The predicted molar refractivity (Wildman–Crippen MR) is 58.7 cm³/mol. The van der Waals surface area contributed by atoms with Gasteiger partial charge in [-0.15, -0.1) is 0 Å². The van der Waals surface area contributed by atoms with Crippen molar-refractivity contribution in [2.24, 2.45) is 5.92 Å². The maximum absolute atomic E-state index is 5.34. The van der Waals surface area contributed by atoms with Crippen LogP contribution in [0.1, 0.15) is 19.8 Å². The fourth-order valence-corrected chi connectivity index (χ4v) is 1.94. The van der Waals surface area contributed by atoms with Gasteiger partial charge >= 0.3 is 0 Å². The van der Waals surface area contributed by atoms with Crippen LogP contribution in [0.2, 0.25) is 0 Å². The number of hydrogen-bond donors (Lipinski definition) is 1. The first-order valence-electron chi connectivity index (χ1n) is 5.46. The molecule has 82 valence electrons. The van der Waals surface area contributed by atoms with Crippen LogP contribution < -0.4 is 5.32 Å². The van der Waals surface area contributed by atoms with Gasteiger partial charge in [-0.1, -0.05) is 0 Å². The minimum Gasteiger partial charge on any atom is -0.381 e. The van der Waals surface area contributed by atoms with Crippen LogP contribution in [0.5, 0.6) is 0 Å². The van der Waals surface area contributed by atoms with Crippen LogP contribution in [0, 0.1) is 5.92 Å². The van der Waals surface area contributed by atoms with Gasteiger partial charge in [0.25, 0.3) is 0 Å². The van der Waals surface area contributed by atoms with Gasteiger partial charge < -0.3 is 10.1 Å². The molecule has 1 aliphatic rings. The lowest BCUT2D eigenvalue weighted by atomic mass is 9.93. The van der Waals surface area contributed by atoms with E-state index >= 15 is 0 Å². The molecule has 1 unspecified atom stereocenters. The van der Waals surface area contributed by atoms with Crippen LogP contribution in [0.25, 0.3) is 0 Å². The lowest BCUT2D eigenvalue weighted by Crippen LogP contribution is -2.31. The quantitative estimate of drug-likeness (QED) is 0.819. The highest BCUT2D eigenvalue weighted by molar-refractivity contribution is 5.31. The number of nitrogens with one attached hydrogen (secondary N) is 1. The van der Waals surface area contributed by atoms with Crippen LogP contribution in [0.4, 0.5) is 5.82 Å². The third kappa shape index (κ3) is 2.89. The average Bonchev–Trinajstić information content (AvgIpc) is 2.31. The molecule has 0 amide bonds. The summed E-state index contributed by atoms with van der Waals surface area (Å²) in [5.74, 6) is 1.54. The third-order valence-corrected chi connectivity index (χ3v) is 2.91. The zero-order valence-electron chi connectivity index (χ0n) is 9.02. The maximum atomic E-state index is 5.34. The first-order chi connectivity index (χ1) is 7.36. The molecule has 1 atom stereocenters. The van der Waals surface area contributed by atoms with Crippen molar-refractivity contribution < 1.29 is 4.74 Å². The molecule has 0 saturated carbocycles. The molecule has 1 aromatic heterocycles. The number of ether oxygens (including phenoxy) is 1. The molecular weight excluding hydrogens is 190 g/mol. The summed E-state index contributed by atoms with van der Waals surface area (Å²) in [6.45, 7) is 3.97. The van der Waals surface area contributed by atoms with E-state index in [0.717, 1.165) is 31.9 Å². The first-order valence-corrected chi connectivity index (χ1v) is 5.46. The van der Waals surface area contributed by atoms with E-state index in [9.17, 15) is 0 Å². The number of aromatic nitrogens is 2. The normalized spacial score (nSPS) is 19.8. The van der Waals surface area contributed by atoms with Gasteiger partial charge in [0.1, 0.15) is 5.82 Å². The zero-order chi connectivity index (χ0) is 10.5. The van der Waals surface area contributed by atoms with E-state index in [1.165, 1.54) is 0 Å². The van der Waals surface area contributed by atoms with Crippen molar-refractivity contribution in [3.05, 3.63) is 18.6 Å². The van der Waals surface area contributed by atoms with Gasteiger partial charge in [0.05, 0.1) is 6.20 Å². The Morgan fingerprint density at radius 2 is 2.20 bits per heavy atom. The van der Waals surface area contributed by atoms with E-state index < -0.39 is 0 Å². The summed E-state index contributed by atoms with van der Waals surface area (Å²) in [6.07, 6.45) is 7.42. The van der Waals surface area contributed by atoms with Gasteiger partial charge in [-0.05, 0) is 25.7 Å². The zero-order valence-corrected chi connectivity index (χ0v) is 9.02. The van der Waals surface area contributed by atoms with Gasteiger partial charge in [0.2, 0.25) is 0 Å². The molecule has 2 heterocycles. The van der Waals surface area contributed by atoms with Crippen molar-refractivity contribution in [3.63, 3.8) is 0 Å². The topological polar surface area (TPSA) is 47.0 Å². The standard InChI is InChI=1S/C11H17N3O/c1-9(10-2-6-15-7-3-10)14-11-8-12-4-5-13-11/h4-5,8-10H,2-3,6-7H2,1H3,(H,13,14). The van der Waals surface area contributed by atoms with Crippen LogP contribution >= 0.6 is 0 Å². The van der Waals surface area contributed by atoms with Crippen molar-refractivity contribution in [2.45, 2.75) is 25.8 Å². The average molecular weight is 207 g/mol. The Morgan fingerprint density at radius 1 is 1.40 bits per heavy atom. The highest BCUT2D eigenvalue weighted by atomic mass is 16.5. The maximum Gasteiger partial charge on any atom is 0.144 e. The summed E-state index contributed by atoms with van der Waals surface area (Å²) in [4.78, 5) is 8.24. The van der Waals surface area contributed by atoms with E-state index in [1.807, 2.05) is 0 Å². The molecule has 4 heteroatoms. The van der Waals surface area contributed by atoms with Crippen LogP contribution in [-0.4, -0.2) is 29.2 Å². The molecule has 15 heavy (non-hydrogen) atoms. The van der Waals surface area contributed by atoms with Crippen molar-refractivity contribution >= 4 is 5.82 Å². The molecule has 0 radical (unpaired) electrons. The summed E-state index contributed by atoms with van der Waals surface area (Å²) < 4.78 is 5.34. The van der Waals surface area contributed by atoms with Crippen molar-refractivity contribution in [1.82, 2.24) is 9.97 Å². The lowest BCUT2D eigenvalue weighted by Gasteiger charge is -2.28. The summed E-state index contributed by atoms with van der Waals surface area (Å²) in [7, 11) is 0. The molecule has 2 rings (SSSR count). The number of rotatable bonds is 3. The fraction of sp³-hybridized carbons (Fsp3) is 0.636. The third-order valence-electron chi connectivity index (χ3n) is 2.91. The van der Waals surface area contributed by atoms with Gasteiger partial charge in [0.15, 0.2) is 0 Å². The Kier molecular flexibility index (Phi) is 3.50. The summed E-state index contributed by atoms with van der Waals surface area (Å²) in [5.41, 5.74) is 0. The monoisotopic (exact) mass is 207 g/mol. The van der Waals surface area contributed by atoms with Gasteiger partial charge in [-0.3, -0.25) is 4.98 Å². The minimum absolute atomic E-state index is 0.436. The Balaban J connectivity index is 1.88. The van der Waals surface area contributed by atoms with Crippen molar-refractivity contribution in [3.8, 4) is 0 Å². The molecule has 0 bridgehead atoms. The Bertz CT molecular complexity index is 285. The second-order valence-electron chi connectivity index (χ2n) is 3.97. The molecular formula is C11H17N3O. The smallest absolute Gasteiger partial charge is 0.144 e. The highest BCUT2D eigenvalue weighted by Gasteiger charge is 2.20. The van der Waals surface area contributed by atoms with Gasteiger partial charge in [-0.25, -0.2) is 4.98 Å². The first kappa shape index (κ1) is 10.4. The fourth-order valence-electron chi connectivity index (χ4n) is 1.94. The number of nitrogens with zero attached hydrogens (tertiary/aromatic N) is 2. The highest BCUT2D eigenvalue weighted by Crippen LogP contribution is 2.20. The molecule has 0 spiro atoms. The van der Waals surface area contributed by atoms with E-state index in [2.05, 4.69) is 22.2 Å². The molecule has 1 saturated heterocycles. The molecule has 0 aromatic carbocycles. The SMILES string of the molecule is CC(Nc1cnccn1)C1CCOCC1. The molecule has 1 aliphatic heterocycles. The Hall–Kier alpha value is -1.16. The van der Waals surface area contributed by atoms with E-state index in [4.69, 9.17) is 4.74 Å². The largest absolute Gasteiger partial charge is 0.381 e. The second-order valence-corrected chi connectivity index (χ2v) is 3.97. The second kappa shape index (κ2) is 5.07. The Morgan fingerprint density at radius 3 is 2.87 bits per heavy atom. The van der Waals surface area contributed by atoms with E-state index in [1.54, 1.807) is 18.6 Å². The van der Waals surface area contributed by atoms with Gasteiger partial charge in [-0.2, -0.15) is 0 Å². The molecule has 1 aromatic rings. The van der Waals surface area contributed by atoms with E-state index in [-0.39, 0.29) is 0 Å². The molecule has 1 N–H and O–H groups in total. The van der Waals surface area contributed by atoms with E-state index in [0.29, 0.717) is 12.0 Å². The summed E-state index contributed by atoms with van der Waals surface area (Å²) in [6, 6.07) is 0.436. The molecule has 1 fully saturated rings. The minimum atomic E-state index is 0.436. The van der Waals surface area contributed by atoms with Crippen LogP contribution in [0.15, 0.2) is 18.6 Å². The lowest BCUT2D eigenvalue weighted by molar-refractivity contribution is 0.0622. The van der Waals surface area contributed by atoms with Crippen LogP contribution in [-0.2, 0) is 4.74 Å². The summed E-state index contributed by atoms with van der Waals surface area (Å²) >= 11 is 0. The Labute approximate surface area is 90.1 Å². The molecule has 0 aliphatic carbocycles.